The van der Waals surface area contributed by atoms with Crippen molar-refractivity contribution in [3.8, 4) is 5.75 Å². The molecule has 0 unspecified atom stereocenters. The van der Waals surface area contributed by atoms with E-state index in [1.165, 1.54) is 38.4 Å². The predicted octanol–water partition coefficient (Wildman–Crippen LogP) is 2.99. The number of aromatic nitrogens is 1. The van der Waals surface area contributed by atoms with Gasteiger partial charge < -0.3 is 9.47 Å². The van der Waals surface area contributed by atoms with Crippen LogP contribution in [0.4, 0.5) is 0 Å². The minimum Gasteiger partial charge on any atom is -0.486 e. The van der Waals surface area contributed by atoms with Crippen LogP contribution in [0.15, 0.2) is 6.20 Å². The van der Waals surface area contributed by atoms with Gasteiger partial charge in [0.05, 0.1) is 12.8 Å². The zero-order valence-electron chi connectivity index (χ0n) is 11.8. The van der Waals surface area contributed by atoms with Crippen LogP contribution in [-0.4, -0.2) is 23.7 Å². The fourth-order valence-electron chi connectivity index (χ4n) is 3.67. The number of methoxy groups -OCH3 is 1. The highest BCUT2D eigenvalue weighted by molar-refractivity contribution is 5.93. The van der Waals surface area contributed by atoms with Gasteiger partial charge in [0.15, 0.2) is 0 Å². The van der Waals surface area contributed by atoms with E-state index < -0.39 is 0 Å². The first-order chi connectivity index (χ1) is 9.72. The van der Waals surface area contributed by atoms with Crippen molar-refractivity contribution >= 4 is 5.97 Å². The summed E-state index contributed by atoms with van der Waals surface area (Å²) < 4.78 is 11.2. The third-order valence-corrected chi connectivity index (χ3v) is 4.86. The zero-order chi connectivity index (χ0) is 13.7. The molecule has 4 rings (SSSR count). The Hall–Kier alpha value is -1.58. The van der Waals surface area contributed by atoms with Crippen LogP contribution < -0.4 is 4.74 Å². The molecule has 106 valence electrons. The molecule has 1 aliphatic heterocycles. The molecule has 2 heterocycles. The molecule has 0 bridgehead atoms. The summed E-state index contributed by atoms with van der Waals surface area (Å²) in [5, 5.41) is 0. The monoisotopic (exact) mass is 273 g/mol. The summed E-state index contributed by atoms with van der Waals surface area (Å²) in [7, 11) is 1.41. The standard InChI is InChI=1S/C16H19NO3/c1-19-15(18)12-9-17-13(10-4-5-10)11-8-16(20-14(11)12)6-2-3-7-16/h9-10H,2-8H2,1H3. The minimum absolute atomic E-state index is 0.0716. The molecule has 0 N–H and O–H groups in total. The van der Waals surface area contributed by atoms with E-state index in [0.717, 1.165) is 30.7 Å². The molecular weight excluding hydrogens is 254 g/mol. The van der Waals surface area contributed by atoms with Crippen molar-refractivity contribution in [2.45, 2.75) is 56.5 Å². The first-order valence-corrected chi connectivity index (χ1v) is 7.51. The number of hydrogen-bond acceptors (Lipinski definition) is 4. The number of ether oxygens (including phenoxy) is 2. The second-order valence-corrected chi connectivity index (χ2v) is 6.30. The van der Waals surface area contributed by atoms with E-state index >= 15 is 0 Å². The molecule has 1 aromatic heterocycles. The van der Waals surface area contributed by atoms with Crippen molar-refractivity contribution in [2.24, 2.45) is 0 Å². The van der Waals surface area contributed by atoms with Crippen molar-refractivity contribution in [1.29, 1.82) is 0 Å². The minimum atomic E-state index is -0.342. The Morgan fingerprint density at radius 1 is 1.40 bits per heavy atom. The molecule has 2 aliphatic carbocycles. The maximum Gasteiger partial charge on any atom is 0.343 e. The quantitative estimate of drug-likeness (QED) is 0.777. The van der Waals surface area contributed by atoms with Gasteiger partial charge in [0.2, 0.25) is 0 Å². The molecule has 2 saturated carbocycles. The number of esters is 1. The highest BCUT2D eigenvalue weighted by Crippen LogP contribution is 2.51. The maximum absolute atomic E-state index is 11.9. The zero-order valence-corrected chi connectivity index (χ0v) is 11.8. The number of carbonyl (C=O) groups excluding carboxylic acids is 1. The van der Waals surface area contributed by atoms with Gasteiger partial charge >= 0.3 is 5.97 Å². The lowest BCUT2D eigenvalue weighted by Gasteiger charge is -2.22. The number of pyridine rings is 1. The molecule has 0 saturated heterocycles. The first-order valence-electron chi connectivity index (χ1n) is 7.51. The average Bonchev–Trinajstić information content (AvgIpc) is 3.09. The molecule has 0 aromatic carbocycles. The smallest absolute Gasteiger partial charge is 0.343 e. The molecule has 4 heteroatoms. The topological polar surface area (TPSA) is 48.4 Å². The van der Waals surface area contributed by atoms with Gasteiger partial charge in [0, 0.05) is 24.1 Å². The van der Waals surface area contributed by atoms with Gasteiger partial charge in [-0.1, -0.05) is 0 Å². The number of carbonyl (C=O) groups is 1. The Balaban J connectivity index is 1.80. The first kappa shape index (κ1) is 12.2. The average molecular weight is 273 g/mol. The van der Waals surface area contributed by atoms with Gasteiger partial charge in [0.1, 0.15) is 16.9 Å². The summed E-state index contributed by atoms with van der Waals surface area (Å²) in [6, 6.07) is 0. The molecule has 20 heavy (non-hydrogen) atoms. The van der Waals surface area contributed by atoms with Gasteiger partial charge in [0.25, 0.3) is 0 Å². The van der Waals surface area contributed by atoms with E-state index in [9.17, 15) is 4.79 Å². The third-order valence-electron chi connectivity index (χ3n) is 4.86. The summed E-state index contributed by atoms with van der Waals surface area (Å²) >= 11 is 0. The van der Waals surface area contributed by atoms with E-state index in [1.54, 1.807) is 6.20 Å². The van der Waals surface area contributed by atoms with Crippen molar-refractivity contribution in [3.63, 3.8) is 0 Å². The SMILES string of the molecule is COC(=O)c1cnc(C2CC2)c2c1OC1(CCCC1)C2. The maximum atomic E-state index is 11.9. The normalized spacial score (nSPS) is 22.6. The van der Waals surface area contributed by atoms with Gasteiger partial charge in [-0.3, -0.25) is 4.98 Å². The molecule has 0 radical (unpaired) electrons. The fraction of sp³-hybridized carbons (Fsp3) is 0.625. The summed E-state index contributed by atoms with van der Waals surface area (Å²) in [5.41, 5.74) is 2.77. The molecule has 0 amide bonds. The van der Waals surface area contributed by atoms with Crippen LogP contribution in [0.25, 0.3) is 0 Å². The number of rotatable bonds is 2. The molecule has 1 aromatic rings. The van der Waals surface area contributed by atoms with Crippen LogP contribution in [-0.2, 0) is 11.2 Å². The van der Waals surface area contributed by atoms with E-state index in [4.69, 9.17) is 9.47 Å². The lowest BCUT2D eigenvalue weighted by Crippen LogP contribution is -2.30. The number of fused-ring (bicyclic) bond motifs is 1. The van der Waals surface area contributed by atoms with Crippen LogP contribution in [0.1, 0.15) is 66.1 Å². The second kappa shape index (κ2) is 4.21. The van der Waals surface area contributed by atoms with Crippen LogP contribution in [0, 0.1) is 0 Å². The van der Waals surface area contributed by atoms with Gasteiger partial charge in [-0.15, -0.1) is 0 Å². The van der Waals surface area contributed by atoms with Gasteiger partial charge in [-0.25, -0.2) is 4.79 Å². The van der Waals surface area contributed by atoms with Crippen LogP contribution in [0.5, 0.6) is 5.75 Å². The number of nitrogens with zero attached hydrogens (tertiary/aromatic N) is 1. The Bertz CT molecular complexity index is 571. The van der Waals surface area contributed by atoms with Crippen molar-refractivity contribution in [3.05, 3.63) is 23.0 Å². The summed E-state index contributed by atoms with van der Waals surface area (Å²) in [4.78, 5) is 16.5. The summed E-state index contributed by atoms with van der Waals surface area (Å²) in [5.74, 6) is 0.998. The Morgan fingerprint density at radius 3 is 2.80 bits per heavy atom. The van der Waals surface area contributed by atoms with Crippen molar-refractivity contribution in [2.75, 3.05) is 7.11 Å². The Kier molecular flexibility index (Phi) is 2.56. The lowest BCUT2D eigenvalue weighted by molar-refractivity contribution is 0.0582. The molecule has 1 spiro atoms. The van der Waals surface area contributed by atoms with Crippen LogP contribution in [0.3, 0.4) is 0 Å². The largest absolute Gasteiger partial charge is 0.486 e. The second-order valence-electron chi connectivity index (χ2n) is 6.30. The number of hydrogen-bond donors (Lipinski definition) is 0. The van der Waals surface area contributed by atoms with Gasteiger partial charge in [-0.2, -0.15) is 0 Å². The van der Waals surface area contributed by atoms with E-state index in [-0.39, 0.29) is 11.6 Å². The Morgan fingerprint density at radius 2 is 2.15 bits per heavy atom. The highest BCUT2D eigenvalue weighted by Gasteiger charge is 2.46. The summed E-state index contributed by atoms with van der Waals surface area (Å²) in [6.07, 6.45) is 9.60. The van der Waals surface area contributed by atoms with Gasteiger partial charge in [-0.05, 0) is 38.5 Å². The molecule has 3 aliphatic rings. The molecule has 2 fully saturated rings. The van der Waals surface area contributed by atoms with Crippen LogP contribution >= 0.6 is 0 Å². The van der Waals surface area contributed by atoms with Crippen molar-refractivity contribution in [1.82, 2.24) is 4.98 Å². The summed E-state index contributed by atoms with van der Waals surface area (Å²) in [6.45, 7) is 0. The molecular formula is C16H19NO3. The van der Waals surface area contributed by atoms with Crippen molar-refractivity contribution < 1.29 is 14.3 Å². The highest BCUT2D eigenvalue weighted by atomic mass is 16.5. The molecule has 4 nitrogen and oxygen atoms in total. The fourth-order valence-corrected chi connectivity index (χ4v) is 3.67. The Labute approximate surface area is 118 Å². The van der Waals surface area contributed by atoms with E-state index in [1.807, 2.05) is 0 Å². The van der Waals surface area contributed by atoms with Crippen LogP contribution in [0.2, 0.25) is 0 Å². The predicted molar refractivity (Wildman–Crippen MR) is 73.1 cm³/mol. The third kappa shape index (κ3) is 1.74. The molecule has 0 atom stereocenters. The van der Waals surface area contributed by atoms with E-state index in [0.29, 0.717) is 11.5 Å². The lowest BCUT2D eigenvalue weighted by atomic mass is 9.93. The van der Waals surface area contributed by atoms with E-state index in [2.05, 4.69) is 4.98 Å².